The highest BCUT2D eigenvalue weighted by atomic mass is 35.5. The van der Waals surface area contributed by atoms with Gasteiger partial charge >= 0.3 is 0 Å². The van der Waals surface area contributed by atoms with Crippen molar-refractivity contribution in [3.63, 3.8) is 0 Å². The Bertz CT molecular complexity index is 379. The molecular weight excluding hydrogens is 217 g/mol. The van der Waals surface area contributed by atoms with Crippen LogP contribution in [0.2, 0.25) is 0 Å². The topological polar surface area (TPSA) is 43.1 Å². The molecule has 1 rings (SSSR count). The molecule has 1 aromatic rings. The van der Waals surface area contributed by atoms with Crippen molar-refractivity contribution in [3.8, 4) is 0 Å². The van der Waals surface area contributed by atoms with Crippen molar-refractivity contribution in [2.75, 3.05) is 11.6 Å². The van der Waals surface area contributed by atoms with Gasteiger partial charge in [0.2, 0.25) is 0 Å². The second kappa shape index (κ2) is 5.12. The van der Waals surface area contributed by atoms with Crippen LogP contribution in [0.3, 0.4) is 0 Å². The van der Waals surface area contributed by atoms with Gasteiger partial charge in [-0.25, -0.2) is 4.39 Å². The molecule has 0 radical (unpaired) electrons. The maximum absolute atomic E-state index is 13.1. The second-order valence-electron chi connectivity index (χ2n) is 3.40. The molecule has 0 fully saturated rings. The van der Waals surface area contributed by atoms with Gasteiger partial charge in [-0.05, 0) is 31.0 Å². The van der Waals surface area contributed by atoms with E-state index < -0.39 is 0 Å². The summed E-state index contributed by atoms with van der Waals surface area (Å²) >= 11 is 5.49. The van der Waals surface area contributed by atoms with Crippen LogP contribution in [0, 0.1) is 12.7 Å². The molecule has 2 N–H and O–H groups in total. The third kappa shape index (κ3) is 2.93. The fourth-order valence-electron chi connectivity index (χ4n) is 1.30. The zero-order valence-corrected chi connectivity index (χ0v) is 9.27. The van der Waals surface area contributed by atoms with E-state index in [2.05, 4.69) is 0 Å². The summed E-state index contributed by atoms with van der Waals surface area (Å²) in [5, 5.41) is 0. The predicted molar refractivity (Wildman–Crippen MR) is 59.8 cm³/mol. The van der Waals surface area contributed by atoms with Crippen molar-refractivity contribution < 1.29 is 9.18 Å². The monoisotopic (exact) mass is 229 g/mol. The molecule has 0 aliphatic rings. The van der Waals surface area contributed by atoms with Crippen LogP contribution in [0.1, 0.15) is 28.8 Å². The van der Waals surface area contributed by atoms with Crippen LogP contribution < -0.4 is 5.73 Å². The standard InChI is InChI=1S/C11H13ClFNO/c1-7-5-8(10(14)6-9(7)13)11(15)3-2-4-12/h5-6H,2-4,14H2,1H3. The molecule has 0 unspecified atom stereocenters. The summed E-state index contributed by atoms with van der Waals surface area (Å²) in [4.78, 5) is 11.6. The second-order valence-corrected chi connectivity index (χ2v) is 3.78. The van der Waals surface area contributed by atoms with Crippen LogP contribution in [0.4, 0.5) is 10.1 Å². The Hall–Kier alpha value is -1.09. The number of hydrogen-bond acceptors (Lipinski definition) is 2. The Morgan fingerprint density at radius 1 is 1.53 bits per heavy atom. The highest BCUT2D eigenvalue weighted by Crippen LogP contribution is 2.19. The van der Waals surface area contributed by atoms with Crippen LogP contribution >= 0.6 is 11.6 Å². The number of hydrogen-bond donors (Lipinski definition) is 1. The largest absolute Gasteiger partial charge is 0.398 e. The summed E-state index contributed by atoms with van der Waals surface area (Å²) in [6.45, 7) is 1.60. The minimum Gasteiger partial charge on any atom is -0.398 e. The Balaban J connectivity index is 2.94. The zero-order valence-electron chi connectivity index (χ0n) is 8.52. The highest BCUT2D eigenvalue weighted by Gasteiger charge is 2.11. The lowest BCUT2D eigenvalue weighted by atomic mass is 10.0. The number of nitrogen functional groups attached to an aromatic ring is 1. The van der Waals surface area contributed by atoms with E-state index in [0.29, 0.717) is 29.8 Å². The molecule has 0 amide bonds. The van der Waals surface area contributed by atoms with E-state index in [4.69, 9.17) is 17.3 Å². The van der Waals surface area contributed by atoms with Crippen LogP contribution in [-0.2, 0) is 0 Å². The van der Waals surface area contributed by atoms with Crippen molar-refractivity contribution in [1.82, 2.24) is 0 Å². The lowest BCUT2D eigenvalue weighted by molar-refractivity contribution is 0.0982. The van der Waals surface area contributed by atoms with Crippen LogP contribution in [0.25, 0.3) is 0 Å². The molecule has 2 nitrogen and oxygen atoms in total. The highest BCUT2D eigenvalue weighted by molar-refractivity contribution is 6.18. The van der Waals surface area contributed by atoms with E-state index in [0.717, 1.165) is 0 Å². The normalized spacial score (nSPS) is 10.3. The molecule has 0 aliphatic carbocycles. The van der Waals surface area contributed by atoms with Gasteiger partial charge in [0.05, 0.1) is 0 Å². The van der Waals surface area contributed by atoms with Gasteiger partial charge in [-0.15, -0.1) is 11.6 Å². The minimum absolute atomic E-state index is 0.0868. The van der Waals surface area contributed by atoms with Gasteiger partial charge < -0.3 is 5.73 Å². The van der Waals surface area contributed by atoms with Gasteiger partial charge in [0.25, 0.3) is 0 Å². The van der Waals surface area contributed by atoms with Gasteiger partial charge in [-0.1, -0.05) is 0 Å². The minimum atomic E-state index is -0.388. The number of carbonyl (C=O) groups is 1. The Morgan fingerprint density at radius 2 is 2.20 bits per heavy atom. The molecule has 0 aromatic heterocycles. The summed E-state index contributed by atoms with van der Waals surface area (Å²) in [6, 6.07) is 2.67. The van der Waals surface area contributed by atoms with E-state index >= 15 is 0 Å². The molecule has 0 aliphatic heterocycles. The summed E-state index contributed by atoms with van der Waals surface area (Å²) in [6.07, 6.45) is 0.953. The molecule has 0 atom stereocenters. The average Bonchev–Trinajstić information content (AvgIpc) is 2.20. The van der Waals surface area contributed by atoms with E-state index in [9.17, 15) is 9.18 Å². The molecule has 0 spiro atoms. The van der Waals surface area contributed by atoms with Crippen LogP contribution in [0.5, 0.6) is 0 Å². The van der Waals surface area contributed by atoms with Crippen molar-refractivity contribution in [2.24, 2.45) is 0 Å². The molecule has 0 bridgehead atoms. The van der Waals surface area contributed by atoms with Gasteiger partial charge in [0.1, 0.15) is 5.82 Å². The first-order chi connectivity index (χ1) is 7.06. The van der Waals surface area contributed by atoms with E-state index in [1.807, 2.05) is 0 Å². The Morgan fingerprint density at radius 3 is 2.80 bits per heavy atom. The number of benzene rings is 1. The maximum Gasteiger partial charge on any atom is 0.164 e. The van der Waals surface area contributed by atoms with E-state index in [-0.39, 0.29) is 17.3 Å². The van der Waals surface area contributed by atoms with Gasteiger partial charge in [0, 0.05) is 23.6 Å². The number of Topliss-reactive ketones (excluding diaryl/α,β-unsaturated/α-hetero) is 1. The Labute approximate surface area is 93.2 Å². The average molecular weight is 230 g/mol. The molecule has 0 saturated heterocycles. The van der Waals surface area contributed by atoms with Crippen LogP contribution in [-0.4, -0.2) is 11.7 Å². The molecule has 0 heterocycles. The van der Waals surface area contributed by atoms with Crippen molar-refractivity contribution >= 4 is 23.1 Å². The molecular formula is C11H13ClFNO. The first-order valence-corrected chi connectivity index (χ1v) is 5.24. The maximum atomic E-state index is 13.1. The number of anilines is 1. The SMILES string of the molecule is Cc1cc(C(=O)CCCCl)c(N)cc1F. The number of aryl methyl sites for hydroxylation is 1. The first-order valence-electron chi connectivity index (χ1n) is 4.71. The summed E-state index contributed by atoms with van der Waals surface area (Å²) in [5.41, 5.74) is 6.58. The smallest absolute Gasteiger partial charge is 0.164 e. The number of alkyl halides is 1. The molecule has 82 valence electrons. The lowest BCUT2D eigenvalue weighted by Gasteiger charge is -2.06. The number of rotatable bonds is 4. The van der Waals surface area contributed by atoms with E-state index in [1.54, 1.807) is 6.92 Å². The van der Waals surface area contributed by atoms with Crippen molar-refractivity contribution in [1.29, 1.82) is 0 Å². The fourth-order valence-corrected chi connectivity index (χ4v) is 1.43. The zero-order chi connectivity index (χ0) is 11.4. The molecule has 0 saturated carbocycles. The summed E-state index contributed by atoms with van der Waals surface area (Å²) in [7, 11) is 0. The summed E-state index contributed by atoms with van der Waals surface area (Å²) < 4.78 is 13.1. The van der Waals surface area contributed by atoms with Gasteiger partial charge in [-0.3, -0.25) is 4.79 Å². The van der Waals surface area contributed by atoms with Gasteiger partial charge in [-0.2, -0.15) is 0 Å². The third-order valence-corrected chi connectivity index (χ3v) is 2.44. The number of nitrogens with two attached hydrogens (primary N) is 1. The molecule has 4 heteroatoms. The van der Waals surface area contributed by atoms with Crippen molar-refractivity contribution in [3.05, 3.63) is 29.1 Å². The molecule has 15 heavy (non-hydrogen) atoms. The summed E-state index contributed by atoms with van der Waals surface area (Å²) in [5.74, 6) is -0.0381. The lowest BCUT2D eigenvalue weighted by Crippen LogP contribution is -2.05. The van der Waals surface area contributed by atoms with E-state index in [1.165, 1.54) is 12.1 Å². The van der Waals surface area contributed by atoms with Crippen molar-refractivity contribution in [2.45, 2.75) is 19.8 Å². The Kier molecular flexibility index (Phi) is 4.09. The third-order valence-electron chi connectivity index (χ3n) is 2.17. The number of halogens is 2. The number of ketones is 1. The van der Waals surface area contributed by atoms with Crippen LogP contribution in [0.15, 0.2) is 12.1 Å². The fraction of sp³-hybridized carbons (Fsp3) is 0.364. The number of carbonyl (C=O) groups excluding carboxylic acids is 1. The van der Waals surface area contributed by atoms with Gasteiger partial charge in [0.15, 0.2) is 5.78 Å². The predicted octanol–water partition coefficient (Wildman–Crippen LogP) is 2.92. The first kappa shape index (κ1) is 12.0. The molecule has 1 aromatic carbocycles. The quantitative estimate of drug-likeness (QED) is 0.490.